The lowest BCUT2D eigenvalue weighted by molar-refractivity contribution is 0.210. The van der Waals surface area contributed by atoms with Gasteiger partial charge in [0.2, 0.25) is 0 Å². The molecular weight excluding hydrogens is 228 g/mol. The minimum Gasteiger partial charge on any atom is -0.380 e. The van der Waals surface area contributed by atoms with Crippen LogP contribution in [0.2, 0.25) is 0 Å². The van der Waals surface area contributed by atoms with Crippen LogP contribution in [0.25, 0.3) is 0 Å². The van der Waals surface area contributed by atoms with E-state index in [0.717, 1.165) is 44.9 Å². The Bertz CT molecular complexity index is 399. The normalized spacial score (nSPS) is 16.9. The van der Waals surface area contributed by atoms with Gasteiger partial charge in [-0.1, -0.05) is 6.08 Å². The van der Waals surface area contributed by atoms with E-state index < -0.39 is 0 Å². The molecule has 0 bridgehead atoms. The van der Waals surface area contributed by atoms with Gasteiger partial charge in [-0.15, -0.1) is 0 Å². The molecule has 0 aliphatic carbocycles. The van der Waals surface area contributed by atoms with Crippen molar-refractivity contribution in [1.29, 1.82) is 0 Å². The number of aromatic nitrogens is 2. The third-order valence-electron chi connectivity index (χ3n) is 3.18. The van der Waals surface area contributed by atoms with Crippen LogP contribution in [0.15, 0.2) is 24.2 Å². The molecule has 0 fully saturated rings. The molecular formula is C13H22N4O. The fourth-order valence-corrected chi connectivity index (χ4v) is 2.20. The average Bonchev–Trinajstić information content (AvgIpc) is 2.80. The van der Waals surface area contributed by atoms with Crippen LogP contribution in [0.5, 0.6) is 0 Å². The number of ether oxygens (including phenoxy) is 1. The molecule has 2 rings (SSSR count). The van der Waals surface area contributed by atoms with Crippen molar-refractivity contribution in [2.45, 2.75) is 19.5 Å². The predicted molar refractivity (Wildman–Crippen MR) is 71.1 cm³/mol. The van der Waals surface area contributed by atoms with E-state index in [9.17, 15) is 0 Å². The van der Waals surface area contributed by atoms with Crippen LogP contribution in [0.4, 0.5) is 0 Å². The zero-order valence-electron chi connectivity index (χ0n) is 11.0. The first-order valence-electron chi connectivity index (χ1n) is 6.41. The Morgan fingerprint density at radius 1 is 1.50 bits per heavy atom. The van der Waals surface area contributed by atoms with E-state index in [1.54, 1.807) is 7.11 Å². The molecule has 5 nitrogen and oxygen atoms in total. The first-order valence-corrected chi connectivity index (χ1v) is 6.41. The number of imidazole rings is 1. The lowest BCUT2D eigenvalue weighted by Crippen LogP contribution is -2.29. The number of hydrogen-bond acceptors (Lipinski definition) is 4. The Kier molecular flexibility index (Phi) is 4.92. The second-order valence-electron chi connectivity index (χ2n) is 4.67. The highest BCUT2D eigenvalue weighted by Crippen LogP contribution is 2.13. The Morgan fingerprint density at radius 3 is 3.06 bits per heavy atom. The molecule has 0 spiro atoms. The van der Waals surface area contributed by atoms with E-state index in [-0.39, 0.29) is 0 Å². The summed E-state index contributed by atoms with van der Waals surface area (Å²) in [4.78, 5) is 6.80. The number of nitrogens with zero attached hydrogens (tertiary/aromatic N) is 3. The van der Waals surface area contributed by atoms with Crippen molar-refractivity contribution >= 4 is 0 Å². The second-order valence-corrected chi connectivity index (χ2v) is 4.67. The Hall–Kier alpha value is -1.17. The van der Waals surface area contributed by atoms with Crippen molar-refractivity contribution in [3.05, 3.63) is 29.9 Å². The lowest BCUT2D eigenvalue weighted by atomic mass is 10.1. The van der Waals surface area contributed by atoms with Gasteiger partial charge in [-0.25, -0.2) is 4.98 Å². The summed E-state index contributed by atoms with van der Waals surface area (Å²) in [6, 6.07) is 0. The van der Waals surface area contributed by atoms with Gasteiger partial charge in [0.05, 0.1) is 18.6 Å². The van der Waals surface area contributed by atoms with Crippen LogP contribution in [-0.2, 0) is 17.8 Å². The molecule has 1 aliphatic heterocycles. The zero-order chi connectivity index (χ0) is 12.8. The Balaban J connectivity index is 1.83. The molecule has 0 amide bonds. The smallest absolute Gasteiger partial charge is 0.0950 e. The maximum atomic E-state index is 5.52. The standard InChI is InChI=1S/C13H22N4O/c1-18-10-12-2-5-16(6-3-12)8-13-9-17(7-4-14)11-15-13/h2,9,11H,3-8,10,14H2,1H3. The van der Waals surface area contributed by atoms with Crippen LogP contribution in [0.3, 0.4) is 0 Å². The summed E-state index contributed by atoms with van der Waals surface area (Å²) in [6.07, 6.45) is 7.31. The molecule has 0 unspecified atom stereocenters. The van der Waals surface area contributed by atoms with Gasteiger partial charge in [-0.3, -0.25) is 4.90 Å². The largest absolute Gasteiger partial charge is 0.380 e. The number of nitrogens with two attached hydrogens (primary N) is 1. The highest BCUT2D eigenvalue weighted by molar-refractivity contribution is 5.08. The number of rotatable bonds is 6. The van der Waals surface area contributed by atoms with Crippen LogP contribution in [0, 0.1) is 0 Å². The quantitative estimate of drug-likeness (QED) is 0.752. The molecule has 1 aliphatic rings. The van der Waals surface area contributed by atoms with Gasteiger partial charge in [0.15, 0.2) is 0 Å². The third kappa shape index (κ3) is 3.66. The first-order chi connectivity index (χ1) is 8.81. The fourth-order valence-electron chi connectivity index (χ4n) is 2.20. The van der Waals surface area contributed by atoms with E-state index in [1.165, 1.54) is 5.57 Å². The van der Waals surface area contributed by atoms with E-state index in [1.807, 2.05) is 10.9 Å². The van der Waals surface area contributed by atoms with Gasteiger partial charge < -0.3 is 15.0 Å². The molecule has 5 heteroatoms. The summed E-state index contributed by atoms with van der Waals surface area (Å²) < 4.78 is 7.20. The van der Waals surface area contributed by atoms with Gasteiger partial charge in [-0.2, -0.15) is 0 Å². The number of methoxy groups -OCH3 is 1. The highest BCUT2D eigenvalue weighted by Gasteiger charge is 2.12. The van der Waals surface area contributed by atoms with Gasteiger partial charge in [0.25, 0.3) is 0 Å². The summed E-state index contributed by atoms with van der Waals surface area (Å²) in [7, 11) is 1.75. The van der Waals surface area contributed by atoms with Crippen molar-refractivity contribution in [1.82, 2.24) is 14.5 Å². The predicted octanol–water partition coefficient (Wildman–Crippen LogP) is 0.620. The van der Waals surface area contributed by atoms with E-state index >= 15 is 0 Å². The van der Waals surface area contributed by atoms with Crippen molar-refractivity contribution in [3.63, 3.8) is 0 Å². The lowest BCUT2D eigenvalue weighted by Gasteiger charge is -2.25. The van der Waals surface area contributed by atoms with E-state index in [2.05, 4.69) is 22.2 Å². The minimum absolute atomic E-state index is 0.655. The molecule has 0 radical (unpaired) electrons. The summed E-state index contributed by atoms with van der Waals surface area (Å²) in [5.41, 5.74) is 8.04. The minimum atomic E-state index is 0.655. The molecule has 0 saturated heterocycles. The van der Waals surface area contributed by atoms with Crippen LogP contribution >= 0.6 is 0 Å². The molecule has 0 saturated carbocycles. The number of hydrogen-bond donors (Lipinski definition) is 1. The van der Waals surface area contributed by atoms with Gasteiger partial charge in [-0.05, 0) is 12.0 Å². The van der Waals surface area contributed by atoms with Crippen molar-refractivity contribution in [3.8, 4) is 0 Å². The summed E-state index contributed by atoms with van der Waals surface area (Å²) in [5, 5.41) is 0. The topological polar surface area (TPSA) is 56.3 Å². The first kappa shape index (κ1) is 13.3. The zero-order valence-corrected chi connectivity index (χ0v) is 11.0. The van der Waals surface area contributed by atoms with Crippen LogP contribution in [0.1, 0.15) is 12.1 Å². The van der Waals surface area contributed by atoms with Crippen molar-refractivity contribution in [2.75, 3.05) is 33.4 Å². The maximum absolute atomic E-state index is 5.52. The monoisotopic (exact) mass is 250 g/mol. The molecule has 0 atom stereocenters. The molecule has 1 aromatic heterocycles. The van der Waals surface area contributed by atoms with Gasteiger partial charge in [0, 0.05) is 46.0 Å². The van der Waals surface area contributed by atoms with E-state index in [4.69, 9.17) is 10.5 Å². The average molecular weight is 250 g/mol. The Labute approximate surface area is 108 Å². The summed E-state index contributed by atoms with van der Waals surface area (Å²) in [5.74, 6) is 0. The van der Waals surface area contributed by atoms with Crippen LogP contribution in [-0.4, -0.2) is 47.8 Å². The molecule has 2 N–H and O–H groups in total. The van der Waals surface area contributed by atoms with Gasteiger partial charge in [0.1, 0.15) is 0 Å². The summed E-state index contributed by atoms with van der Waals surface area (Å²) in [6.45, 7) is 5.24. The van der Waals surface area contributed by atoms with Crippen LogP contribution < -0.4 is 5.73 Å². The fraction of sp³-hybridized carbons (Fsp3) is 0.615. The molecule has 0 aromatic carbocycles. The molecule has 100 valence electrons. The third-order valence-corrected chi connectivity index (χ3v) is 3.18. The highest BCUT2D eigenvalue weighted by atomic mass is 16.5. The molecule has 18 heavy (non-hydrogen) atoms. The van der Waals surface area contributed by atoms with Crippen molar-refractivity contribution < 1.29 is 4.74 Å². The second kappa shape index (κ2) is 6.68. The SMILES string of the molecule is COCC1=CCN(Cc2cn(CCN)cn2)CC1. The molecule has 2 heterocycles. The van der Waals surface area contributed by atoms with E-state index in [0.29, 0.717) is 6.54 Å². The Morgan fingerprint density at radius 2 is 2.39 bits per heavy atom. The summed E-state index contributed by atoms with van der Waals surface area (Å²) >= 11 is 0. The van der Waals surface area contributed by atoms with Crippen molar-refractivity contribution in [2.24, 2.45) is 5.73 Å². The molecule has 1 aromatic rings. The maximum Gasteiger partial charge on any atom is 0.0950 e. The van der Waals surface area contributed by atoms with Gasteiger partial charge >= 0.3 is 0 Å².